The summed E-state index contributed by atoms with van der Waals surface area (Å²) >= 11 is 1.28. The highest BCUT2D eigenvalue weighted by molar-refractivity contribution is 7.10. The number of fused-ring (bicyclic) bond motifs is 1. The zero-order valence-electron chi connectivity index (χ0n) is 12.5. The Balaban J connectivity index is 2.02. The third-order valence-electron chi connectivity index (χ3n) is 3.48. The van der Waals surface area contributed by atoms with E-state index in [0.717, 1.165) is 5.69 Å². The quantitative estimate of drug-likeness (QED) is 0.875. The lowest BCUT2D eigenvalue weighted by Gasteiger charge is -2.25. The van der Waals surface area contributed by atoms with Crippen LogP contribution in [0.1, 0.15) is 33.9 Å². The van der Waals surface area contributed by atoms with Crippen LogP contribution >= 0.6 is 11.3 Å². The summed E-state index contributed by atoms with van der Waals surface area (Å²) in [6, 6.07) is 6.91. The van der Waals surface area contributed by atoms with Crippen molar-refractivity contribution < 1.29 is 14.3 Å². The van der Waals surface area contributed by atoms with Crippen LogP contribution in [0.5, 0.6) is 5.75 Å². The van der Waals surface area contributed by atoms with E-state index in [1.807, 2.05) is 13.0 Å². The Kier molecular flexibility index (Phi) is 3.84. The summed E-state index contributed by atoms with van der Waals surface area (Å²) in [5.74, 6) is -1.34. The lowest BCUT2D eigenvalue weighted by molar-refractivity contribution is -0.122. The van der Waals surface area contributed by atoms with E-state index in [4.69, 9.17) is 4.74 Å². The van der Waals surface area contributed by atoms with Crippen molar-refractivity contribution in [2.75, 3.05) is 5.32 Å². The number of carbonyl (C=O) groups is 2. The molecular formula is C16H13N3O3S. The van der Waals surface area contributed by atoms with E-state index in [2.05, 4.69) is 10.3 Å². The number of ketones is 1. The number of hydrogen-bond donors (Lipinski definition) is 1. The van der Waals surface area contributed by atoms with Crippen LogP contribution in [0, 0.1) is 18.3 Å². The SMILES string of the molecule is Cc1csc([C@@H](C#N)C(=O)c2cccc3c2O[C@@H](C)C(=O)N3)n1. The standard InChI is InChI=1S/C16H13N3O3S/c1-8-7-23-16(18-8)11(6-17)13(20)10-4-3-5-12-14(10)22-9(2)15(21)19-12/h3-5,7,9,11H,1-2H3,(H,19,21)/t9-,11-/m0/s1. The number of carbonyl (C=O) groups excluding carboxylic acids is 2. The van der Waals surface area contributed by atoms with Gasteiger partial charge in [0.05, 0.1) is 17.3 Å². The highest BCUT2D eigenvalue weighted by Gasteiger charge is 2.32. The largest absolute Gasteiger partial charge is 0.478 e. The first-order valence-corrected chi connectivity index (χ1v) is 7.85. The van der Waals surface area contributed by atoms with Gasteiger partial charge in [0.1, 0.15) is 5.01 Å². The second kappa shape index (κ2) is 5.82. The molecule has 0 unspecified atom stereocenters. The van der Waals surface area contributed by atoms with Crippen molar-refractivity contribution >= 4 is 28.7 Å². The number of nitrogens with zero attached hydrogens (tertiary/aromatic N) is 2. The van der Waals surface area contributed by atoms with Gasteiger partial charge in [0.2, 0.25) is 0 Å². The van der Waals surface area contributed by atoms with Gasteiger partial charge in [0.25, 0.3) is 5.91 Å². The maximum absolute atomic E-state index is 12.8. The zero-order valence-corrected chi connectivity index (χ0v) is 13.3. The molecule has 0 fully saturated rings. The van der Waals surface area contributed by atoms with E-state index in [1.54, 1.807) is 30.5 Å². The number of nitriles is 1. The van der Waals surface area contributed by atoms with Gasteiger partial charge in [0.15, 0.2) is 23.6 Å². The first kappa shape index (κ1) is 15.2. The van der Waals surface area contributed by atoms with Gasteiger partial charge in [-0.15, -0.1) is 11.3 Å². The van der Waals surface area contributed by atoms with E-state index in [1.165, 1.54) is 11.3 Å². The predicted molar refractivity (Wildman–Crippen MR) is 84.7 cm³/mol. The Morgan fingerprint density at radius 2 is 2.30 bits per heavy atom. The van der Waals surface area contributed by atoms with Gasteiger partial charge in [-0.2, -0.15) is 5.26 Å². The number of Topliss-reactive ketones (excluding diaryl/α,β-unsaturated/α-hetero) is 1. The number of rotatable bonds is 3. The predicted octanol–water partition coefficient (Wildman–Crippen LogP) is 2.66. The first-order valence-electron chi connectivity index (χ1n) is 6.97. The first-order chi connectivity index (χ1) is 11.0. The van der Waals surface area contributed by atoms with Crippen molar-refractivity contribution in [3.63, 3.8) is 0 Å². The topological polar surface area (TPSA) is 92.1 Å². The molecule has 2 heterocycles. The molecule has 1 aromatic heterocycles. The molecule has 1 N–H and O–H groups in total. The van der Waals surface area contributed by atoms with E-state index < -0.39 is 12.0 Å². The second-order valence-electron chi connectivity index (χ2n) is 5.19. The third-order valence-corrected chi connectivity index (χ3v) is 4.50. The third kappa shape index (κ3) is 2.69. The minimum Gasteiger partial charge on any atom is -0.478 e. The molecule has 0 saturated carbocycles. The molecule has 2 atom stereocenters. The van der Waals surface area contributed by atoms with E-state index in [9.17, 15) is 14.9 Å². The van der Waals surface area contributed by atoms with E-state index in [-0.39, 0.29) is 17.3 Å². The van der Waals surface area contributed by atoms with Gasteiger partial charge in [0, 0.05) is 11.1 Å². The molecule has 1 aliphatic heterocycles. The molecule has 23 heavy (non-hydrogen) atoms. The molecule has 0 aliphatic carbocycles. The fraction of sp³-hybridized carbons (Fsp3) is 0.250. The van der Waals surface area contributed by atoms with Crippen LogP contribution in [0.4, 0.5) is 5.69 Å². The summed E-state index contributed by atoms with van der Waals surface area (Å²) in [5.41, 5.74) is 1.48. The molecule has 1 amide bonds. The number of aromatic nitrogens is 1. The van der Waals surface area contributed by atoms with Crippen LogP contribution in [0.3, 0.4) is 0 Å². The minimum atomic E-state index is -0.989. The number of benzene rings is 1. The molecule has 6 nitrogen and oxygen atoms in total. The maximum Gasteiger partial charge on any atom is 0.265 e. The van der Waals surface area contributed by atoms with Crippen LogP contribution in [0.2, 0.25) is 0 Å². The number of aryl methyl sites for hydroxylation is 1. The fourth-order valence-corrected chi connectivity index (χ4v) is 3.14. The van der Waals surface area contributed by atoms with Crippen LogP contribution in [-0.2, 0) is 4.79 Å². The average Bonchev–Trinajstić information content (AvgIpc) is 2.95. The summed E-state index contributed by atoms with van der Waals surface area (Å²) in [4.78, 5) is 28.7. The number of hydrogen-bond acceptors (Lipinski definition) is 6. The van der Waals surface area contributed by atoms with Gasteiger partial charge in [-0.05, 0) is 26.0 Å². The lowest BCUT2D eigenvalue weighted by Crippen LogP contribution is -2.35. The minimum absolute atomic E-state index is 0.269. The fourth-order valence-electron chi connectivity index (χ4n) is 2.31. The number of amides is 1. The molecular weight excluding hydrogens is 314 g/mol. The Morgan fingerprint density at radius 1 is 1.52 bits per heavy atom. The van der Waals surface area contributed by atoms with Crippen molar-refractivity contribution in [1.29, 1.82) is 5.26 Å². The smallest absolute Gasteiger partial charge is 0.265 e. The molecule has 0 bridgehead atoms. The van der Waals surface area contributed by atoms with Crippen molar-refractivity contribution in [2.24, 2.45) is 0 Å². The van der Waals surface area contributed by atoms with Crippen LogP contribution in [0.15, 0.2) is 23.6 Å². The van der Waals surface area contributed by atoms with Crippen LogP contribution in [-0.4, -0.2) is 22.8 Å². The Labute approximate surface area is 136 Å². The maximum atomic E-state index is 12.8. The molecule has 7 heteroatoms. The molecule has 3 rings (SSSR count). The molecule has 2 aromatic rings. The van der Waals surface area contributed by atoms with Gasteiger partial charge in [-0.25, -0.2) is 4.98 Å². The molecule has 116 valence electrons. The van der Waals surface area contributed by atoms with E-state index >= 15 is 0 Å². The average molecular weight is 327 g/mol. The summed E-state index contributed by atoms with van der Waals surface area (Å²) in [5, 5.41) is 14.4. The number of ether oxygens (including phenoxy) is 1. The van der Waals surface area contributed by atoms with Crippen molar-refractivity contribution in [3.05, 3.63) is 39.8 Å². The molecule has 1 aromatic carbocycles. The van der Waals surface area contributed by atoms with E-state index in [0.29, 0.717) is 16.4 Å². The number of nitrogens with one attached hydrogen (secondary N) is 1. The summed E-state index contributed by atoms with van der Waals surface area (Å²) in [6.45, 7) is 3.41. The summed E-state index contributed by atoms with van der Waals surface area (Å²) in [6.07, 6.45) is -0.695. The number of para-hydroxylation sites is 1. The Hall–Kier alpha value is -2.72. The van der Waals surface area contributed by atoms with Gasteiger partial charge < -0.3 is 10.1 Å². The number of anilines is 1. The van der Waals surface area contributed by atoms with Crippen LogP contribution < -0.4 is 10.1 Å². The molecule has 0 radical (unpaired) electrons. The van der Waals surface area contributed by atoms with Gasteiger partial charge in [-0.1, -0.05) is 6.07 Å². The van der Waals surface area contributed by atoms with Gasteiger partial charge in [-0.3, -0.25) is 9.59 Å². The Bertz CT molecular complexity index is 837. The summed E-state index contributed by atoms with van der Waals surface area (Å²) < 4.78 is 5.57. The monoisotopic (exact) mass is 327 g/mol. The van der Waals surface area contributed by atoms with Crippen LogP contribution in [0.25, 0.3) is 0 Å². The Morgan fingerprint density at radius 3 is 2.96 bits per heavy atom. The normalized spacial score (nSPS) is 17.4. The van der Waals surface area contributed by atoms with Crippen molar-refractivity contribution in [2.45, 2.75) is 25.9 Å². The molecule has 0 saturated heterocycles. The highest BCUT2D eigenvalue weighted by atomic mass is 32.1. The van der Waals surface area contributed by atoms with Gasteiger partial charge >= 0.3 is 0 Å². The highest BCUT2D eigenvalue weighted by Crippen LogP contribution is 2.36. The van der Waals surface area contributed by atoms with Crippen molar-refractivity contribution in [1.82, 2.24) is 4.98 Å². The summed E-state index contributed by atoms with van der Waals surface area (Å²) in [7, 11) is 0. The second-order valence-corrected chi connectivity index (χ2v) is 6.07. The lowest BCUT2D eigenvalue weighted by atomic mass is 9.97. The molecule has 0 spiro atoms. The van der Waals surface area contributed by atoms with Crippen molar-refractivity contribution in [3.8, 4) is 11.8 Å². The number of thiazole rings is 1. The zero-order chi connectivity index (χ0) is 16.6. The molecule has 1 aliphatic rings.